The fourth-order valence-corrected chi connectivity index (χ4v) is 6.08. The Morgan fingerprint density at radius 1 is 1.00 bits per heavy atom. The largest absolute Gasteiger partial charge is 0.481 e. The molecule has 43 heavy (non-hydrogen) atoms. The number of aliphatic carboxylic acids is 1. The van der Waals surface area contributed by atoms with E-state index in [0.717, 1.165) is 47.0 Å². The Kier molecular flexibility index (Phi) is 9.36. The number of fused-ring (bicyclic) bond motifs is 1. The normalized spacial score (nSPS) is 14.5. The Morgan fingerprint density at radius 2 is 1.72 bits per heavy atom. The van der Waals surface area contributed by atoms with Gasteiger partial charge in [-0.05, 0) is 83.2 Å². The van der Waals surface area contributed by atoms with Crippen LogP contribution in [0.1, 0.15) is 80.2 Å². The van der Waals surface area contributed by atoms with E-state index in [0.29, 0.717) is 23.1 Å². The number of aromatic nitrogens is 1. The van der Waals surface area contributed by atoms with Crippen LogP contribution in [0.25, 0.3) is 10.8 Å². The Balaban J connectivity index is 1.42. The maximum absolute atomic E-state index is 13.5. The molecule has 0 radical (unpaired) electrons. The summed E-state index contributed by atoms with van der Waals surface area (Å²) in [5.41, 5.74) is 3.31. The number of hydrogen-bond acceptors (Lipinski definition) is 4. The average Bonchev–Trinajstić information content (AvgIpc) is 3.46. The number of carbonyl (C=O) groups excluding carboxylic acids is 1. The van der Waals surface area contributed by atoms with Crippen LogP contribution in [0.5, 0.6) is 11.5 Å². The van der Waals surface area contributed by atoms with Crippen molar-refractivity contribution in [2.75, 3.05) is 0 Å². The van der Waals surface area contributed by atoms with Gasteiger partial charge in [-0.3, -0.25) is 9.59 Å². The van der Waals surface area contributed by atoms with Gasteiger partial charge in [-0.15, -0.1) is 0 Å². The highest BCUT2D eigenvalue weighted by Gasteiger charge is 2.22. The molecule has 1 aromatic heterocycles. The lowest BCUT2D eigenvalue weighted by Crippen LogP contribution is -2.38. The molecule has 1 aliphatic rings. The number of pyridine rings is 1. The number of nitrogens with one attached hydrogen (secondary N) is 1. The molecule has 3 aromatic carbocycles. The highest BCUT2D eigenvalue weighted by atomic mass is 35.5. The number of ether oxygens (including phenoxy) is 1. The van der Waals surface area contributed by atoms with Crippen LogP contribution in [0.4, 0.5) is 0 Å². The van der Waals surface area contributed by atoms with E-state index in [2.05, 4.69) is 38.2 Å². The van der Waals surface area contributed by atoms with Crippen LogP contribution < -0.4 is 10.1 Å². The molecule has 1 amide bonds. The van der Waals surface area contributed by atoms with Gasteiger partial charge in [0.05, 0.1) is 6.42 Å². The van der Waals surface area contributed by atoms with Gasteiger partial charge in [0.15, 0.2) is 0 Å². The van der Waals surface area contributed by atoms with Crippen molar-refractivity contribution >= 4 is 34.2 Å². The second-order valence-corrected chi connectivity index (χ2v) is 13.1. The first-order valence-electron chi connectivity index (χ1n) is 15.0. The number of halogens is 1. The number of carboxylic acids is 1. The van der Waals surface area contributed by atoms with Crippen molar-refractivity contribution in [1.29, 1.82) is 0 Å². The second-order valence-electron chi connectivity index (χ2n) is 12.7. The highest BCUT2D eigenvalue weighted by Crippen LogP contribution is 2.33. The number of rotatable bonds is 10. The molecule has 0 aliphatic heterocycles. The standard InChI is InChI=1S/C36H39ClN2O4/c1-36(2,3)26-12-15-29(16-13-26)43-30-14-11-25-20-33(39-32(31(25)22-30)19-23-7-4-5-8-23)35(42)38-28(21-34(40)41)18-24-9-6-10-27(37)17-24/h6,9-17,20,22-23,28H,4-5,7-8,18-19,21H2,1-3H3,(H,38,42)(H,40,41)/t28-/m1/s1. The van der Waals surface area contributed by atoms with Crippen LogP contribution in [0.3, 0.4) is 0 Å². The molecule has 7 heteroatoms. The zero-order valence-electron chi connectivity index (χ0n) is 25.0. The molecule has 1 aliphatic carbocycles. The molecule has 5 rings (SSSR count). The van der Waals surface area contributed by atoms with Crippen molar-refractivity contribution in [3.05, 3.63) is 100 Å². The molecular formula is C36H39ClN2O4. The van der Waals surface area contributed by atoms with E-state index in [4.69, 9.17) is 21.3 Å². The number of carboxylic acid groups (broad SMARTS) is 1. The van der Waals surface area contributed by atoms with Crippen molar-refractivity contribution in [3.63, 3.8) is 0 Å². The van der Waals surface area contributed by atoms with Gasteiger partial charge in [-0.25, -0.2) is 4.98 Å². The van der Waals surface area contributed by atoms with Crippen molar-refractivity contribution in [2.24, 2.45) is 5.92 Å². The van der Waals surface area contributed by atoms with E-state index >= 15 is 0 Å². The smallest absolute Gasteiger partial charge is 0.305 e. The van der Waals surface area contributed by atoms with Gasteiger partial charge in [0, 0.05) is 22.1 Å². The van der Waals surface area contributed by atoms with Gasteiger partial charge in [0.2, 0.25) is 0 Å². The van der Waals surface area contributed by atoms with E-state index in [1.807, 2.05) is 42.5 Å². The monoisotopic (exact) mass is 598 g/mol. The van der Waals surface area contributed by atoms with Gasteiger partial charge < -0.3 is 15.2 Å². The van der Waals surface area contributed by atoms with E-state index in [-0.39, 0.29) is 23.4 Å². The van der Waals surface area contributed by atoms with E-state index in [1.54, 1.807) is 18.2 Å². The third-order valence-electron chi connectivity index (χ3n) is 8.16. The maximum Gasteiger partial charge on any atom is 0.305 e. The Bertz CT molecular complexity index is 1600. The maximum atomic E-state index is 13.5. The third kappa shape index (κ3) is 8.14. The minimum Gasteiger partial charge on any atom is -0.481 e. The average molecular weight is 599 g/mol. The van der Waals surface area contributed by atoms with E-state index < -0.39 is 12.0 Å². The molecule has 224 valence electrons. The third-order valence-corrected chi connectivity index (χ3v) is 8.39. The van der Waals surface area contributed by atoms with Crippen LogP contribution in [0, 0.1) is 5.92 Å². The van der Waals surface area contributed by atoms with Crippen LogP contribution in [0.2, 0.25) is 5.02 Å². The van der Waals surface area contributed by atoms with Crippen LogP contribution >= 0.6 is 11.6 Å². The van der Waals surface area contributed by atoms with Gasteiger partial charge in [0.25, 0.3) is 5.91 Å². The number of carbonyl (C=O) groups is 2. The fraction of sp³-hybridized carbons (Fsp3) is 0.361. The quantitative estimate of drug-likeness (QED) is 0.191. The molecular weight excluding hydrogens is 560 g/mol. The lowest BCUT2D eigenvalue weighted by Gasteiger charge is -2.19. The molecule has 0 spiro atoms. The Morgan fingerprint density at radius 3 is 2.40 bits per heavy atom. The first-order valence-corrected chi connectivity index (χ1v) is 15.4. The zero-order chi connectivity index (χ0) is 30.6. The van der Waals surface area contributed by atoms with Gasteiger partial charge >= 0.3 is 5.97 Å². The minimum absolute atomic E-state index is 0.0647. The molecule has 1 fully saturated rings. The molecule has 4 aromatic rings. The number of benzene rings is 3. The predicted octanol–water partition coefficient (Wildman–Crippen LogP) is 8.53. The van der Waals surface area contributed by atoms with Gasteiger partial charge in [-0.2, -0.15) is 0 Å². The number of amides is 1. The molecule has 0 unspecified atom stereocenters. The molecule has 0 bridgehead atoms. The first-order chi connectivity index (χ1) is 20.5. The molecule has 2 N–H and O–H groups in total. The summed E-state index contributed by atoms with van der Waals surface area (Å²) in [4.78, 5) is 30.0. The summed E-state index contributed by atoms with van der Waals surface area (Å²) in [7, 11) is 0. The highest BCUT2D eigenvalue weighted by molar-refractivity contribution is 6.30. The lowest BCUT2D eigenvalue weighted by molar-refractivity contribution is -0.137. The van der Waals surface area contributed by atoms with Crippen LogP contribution in [-0.4, -0.2) is 28.0 Å². The summed E-state index contributed by atoms with van der Waals surface area (Å²) in [5, 5.41) is 14.9. The van der Waals surface area contributed by atoms with Crippen molar-refractivity contribution < 1.29 is 19.4 Å². The number of nitrogens with zero attached hydrogens (tertiary/aromatic N) is 1. The molecule has 1 saturated carbocycles. The summed E-state index contributed by atoms with van der Waals surface area (Å²) in [6.07, 6.45) is 5.63. The molecule has 1 atom stereocenters. The summed E-state index contributed by atoms with van der Waals surface area (Å²) in [5.74, 6) is 0.623. The Labute approximate surface area is 258 Å². The molecule has 0 saturated heterocycles. The van der Waals surface area contributed by atoms with Crippen molar-refractivity contribution in [2.45, 2.75) is 77.2 Å². The summed E-state index contributed by atoms with van der Waals surface area (Å²) < 4.78 is 6.24. The summed E-state index contributed by atoms with van der Waals surface area (Å²) in [6.45, 7) is 6.56. The van der Waals surface area contributed by atoms with E-state index in [9.17, 15) is 14.7 Å². The van der Waals surface area contributed by atoms with Gasteiger partial charge in [0.1, 0.15) is 17.2 Å². The predicted molar refractivity (Wildman–Crippen MR) is 171 cm³/mol. The summed E-state index contributed by atoms with van der Waals surface area (Å²) in [6, 6.07) is 22.5. The van der Waals surface area contributed by atoms with Crippen molar-refractivity contribution in [1.82, 2.24) is 10.3 Å². The van der Waals surface area contributed by atoms with Crippen molar-refractivity contribution in [3.8, 4) is 11.5 Å². The fourth-order valence-electron chi connectivity index (χ4n) is 5.87. The Hall–Kier alpha value is -3.90. The summed E-state index contributed by atoms with van der Waals surface area (Å²) >= 11 is 6.13. The lowest BCUT2D eigenvalue weighted by atomic mass is 9.87. The van der Waals surface area contributed by atoms with Crippen LogP contribution in [-0.2, 0) is 23.1 Å². The SMILES string of the molecule is CC(C)(C)c1ccc(Oc2ccc3cc(C(=O)N[C@@H](CC(=O)O)Cc4cccc(Cl)c4)nc(CC4CCCC4)c3c2)cc1. The molecule has 6 nitrogen and oxygen atoms in total. The van der Waals surface area contributed by atoms with Gasteiger partial charge in [-0.1, -0.05) is 88.4 Å². The topological polar surface area (TPSA) is 88.5 Å². The van der Waals surface area contributed by atoms with Crippen LogP contribution in [0.15, 0.2) is 72.8 Å². The second kappa shape index (κ2) is 13.2. The number of hydrogen-bond donors (Lipinski definition) is 2. The zero-order valence-corrected chi connectivity index (χ0v) is 25.8. The minimum atomic E-state index is -0.985. The van der Waals surface area contributed by atoms with E-state index in [1.165, 1.54) is 18.4 Å². The first kappa shape index (κ1) is 30.6. The molecule has 1 heterocycles.